The molecule has 2 aromatic carbocycles. The van der Waals surface area contributed by atoms with Crippen molar-refractivity contribution in [2.75, 3.05) is 13.2 Å². The molecule has 2 aromatic rings. The normalized spacial score (nSPS) is 13.6. The molecule has 0 amide bonds. The number of alkyl halides is 3. The minimum absolute atomic E-state index is 0.0850. The van der Waals surface area contributed by atoms with Crippen LogP contribution in [-0.2, 0) is 4.74 Å². The molecular weight excluding hydrogens is 305 g/mol. The molecule has 0 spiro atoms. The lowest BCUT2D eigenvalue weighted by atomic mass is 9.99. The van der Waals surface area contributed by atoms with Gasteiger partial charge in [-0.25, -0.2) is 0 Å². The fourth-order valence-corrected chi connectivity index (χ4v) is 2.34. The molecule has 0 saturated carbocycles. The van der Waals surface area contributed by atoms with Gasteiger partial charge in [0, 0.05) is 23.4 Å². The number of benzene rings is 2. The number of hydrogen-bond donors (Lipinski definition) is 1. The number of hydrogen-bond acceptors (Lipinski definition) is 2. The number of halogens is 4. The molecule has 6 heteroatoms. The Morgan fingerprint density at radius 2 is 1.76 bits per heavy atom. The van der Waals surface area contributed by atoms with Gasteiger partial charge >= 0.3 is 6.18 Å². The Morgan fingerprint density at radius 1 is 1.10 bits per heavy atom. The van der Waals surface area contributed by atoms with Gasteiger partial charge in [0.2, 0.25) is 0 Å². The van der Waals surface area contributed by atoms with Crippen molar-refractivity contribution in [2.45, 2.75) is 18.7 Å². The van der Waals surface area contributed by atoms with E-state index in [1.165, 1.54) is 0 Å². The van der Waals surface area contributed by atoms with Crippen LogP contribution in [0.4, 0.5) is 13.2 Å². The molecule has 2 rings (SSSR count). The second-order valence-corrected chi connectivity index (χ2v) is 5.06. The summed E-state index contributed by atoms with van der Waals surface area (Å²) in [4.78, 5) is 0. The van der Waals surface area contributed by atoms with Crippen LogP contribution in [0.5, 0.6) is 0 Å². The zero-order valence-corrected chi connectivity index (χ0v) is 11.8. The highest BCUT2D eigenvalue weighted by molar-refractivity contribution is 6.35. The van der Waals surface area contributed by atoms with E-state index >= 15 is 0 Å². The molecule has 1 N–H and O–H groups in total. The van der Waals surface area contributed by atoms with Crippen molar-refractivity contribution in [3.63, 3.8) is 0 Å². The molecule has 0 saturated heterocycles. The average Bonchev–Trinajstić information content (AvgIpc) is 2.43. The van der Waals surface area contributed by atoms with Crippen molar-refractivity contribution < 1.29 is 23.0 Å². The molecule has 1 atom stereocenters. The SMILES string of the molecule is OC(CCOCC(F)(F)F)c1ccc(Cl)c2ccccc12. The van der Waals surface area contributed by atoms with Crippen LogP contribution in [0.3, 0.4) is 0 Å². The molecule has 0 bridgehead atoms. The number of aliphatic hydroxyl groups is 1. The van der Waals surface area contributed by atoms with Crippen LogP contribution in [0.1, 0.15) is 18.1 Å². The zero-order valence-electron chi connectivity index (χ0n) is 11.0. The summed E-state index contributed by atoms with van der Waals surface area (Å²) in [5.74, 6) is 0. The van der Waals surface area contributed by atoms with E-state index in [2.05, 4.69) is 4.74 Å². The third-order valence-corrected chi connectivity index (χ3v) is 3.39. The van der Waals surface area contributed by atoms with E-state index in [-0.39, 0.29) is 13.0 Å². The molecule has 0 heterocycles. The van der Waals surface area contributed by atoms with E-state index in [1.807, 2.05) is 24.3 Å². The Hall–Kier alpha value is -1.30. The second kappa shape index (κ2) is 6.64. The highest BCUT2D eigenvalue weighted by atomic mass is 35.5. The number of fused-ring (bicyclic) bond motifs is 1. The topological polar surface area (TPSA) is 29.5 Å². The monoisotopic (exact) mass is 318 g/mol. The number of rotatable bonds is 5. The van der Waals surface area contributed by atoms with Crippen LogP contribution in [0.15, 0.2) is 36.4 Å². The molecule has 0 aliphatic carbocycles. The molecule has 114 valence electrons. The molecule has 21 heavy (non-hydrogen) atoms. The summed E-state index contributed by atoms with van der Waals surface area (Å²) in [7, 11) is 0. The van der Waals surface area contributed by atoms with Gasteiger partial charge in [0.15, 0.2) is 0 Å². The van der Waals surface area contributed by atoms with E-state index in [0.717, 1.165) is 10.8 Å². The van der Waals surface area contributed by atoms with Crippen LogP contribution in [0, 0.1) is 0 Å². The highest BCUT2D eigenvalue weighted by Crippen LogP contribution is 2.31. The van der Waals surface area contributed by atoms with Gasteiger partial charge in [-0.1, -0.05) is 41.9 Å². The van der Waals surface area contributed by atoms with Gasteiger partial charge in [-0.05, 0) is 17.0 Å². The maximum atomic E-state index is 12.0. The molecule has 1 unspecified atom stereocenters. The molecule has 2 nitrogen and oxygen atoms in total. The van der Waals surface area contributed by atoms with Crippen molar-refractivity contribution in [3.8, 4) is 0 Å². The van der Waals surface area contributed by atoms with E-state index in [4.69, 9.17) is 11.6 Å². The van der Waals surface area contributed by atoms with Crippen LogP contribution >= 0.6 is 11.6 Å². The summed E-state index contributed by atoms with van der Waals surface area (Å²) >= 11 is 6.08. The van der Waals surface area contributed by atoms with E-state index in [0.29, 0.717) is 10.6 Å². The minimum Gasteiger partial charge on any atom is -0.388 e. The minimum atomic E-state index is -4.35. The number of ether oxygens (including phenoxy) is 1. The molecular formula is C15H14ClF3O2. The Labute approximate surface area is 125 Å². The summed E-state index contributed by atoms with van der Waals surface area (Å²) in [6.45, 7) is -1.47. The smallest absolute Gasteiger partial charge is 0.388 e. The maximum Gasteiger partial charge on any atom is 0.411 e. The first-order valence-electron chi connectivity index (χ1n) is 6.38. The van der Waals surface area contributed by atoms with Gasteiger partial charge in [-0.15, -0.1) is 0 Å². The maximum absolute atomic E-state index is 12.0. The standard InChI is InChI=1S/C15H14ClF3O2/c16-13-6-5-12(10-3-1-2-4-11(10)13)14(20)7-8-21-9-15(17,18)19/h1-6,14,20H,7-9H2. The van der Waals surface area contributed by atoms with Gasteiger partial charge < -0.3 is 9.84 Å². The van der Waals surface area contributed by atoms with Crippen molar-refractivity contribution in [1.82, 2.24) is 0 Å². The lowest BCUT2D eigenvalue weighted by molar-refractivity contribution is -0.175. The van der Waals surface area contributed by atoms with E-state index in [9.17, 15) is 18.3 Å². The van der Waals surface area contributed by atoms with Crippen molar-refractivity contribution in [3.05, 3.63) is 47.0 Å². The second-order valence-electron chi connectivity index (χ2n) is 4.65. The molecule has 0 aliphatic rings. The Kier molecular flexibility index (Phi) is 5.08. The lowest BCUT2D eigenvalue weighted by Crippen LogP contribution is -2.18. The van der Waals surface area contributed by atoms with E-state index in [1.54, 1.807) is 12.1 Å². The van der Waals surface area contributed by atoms with Gasteiger partial charge in [-0.3, -0.25) is 0 Å². The summed E-state index contributed by atoms with van der Waals surface area (Å²) in [5.41, 5.74) is 0.630. The van der Waals surface area contributed by atoms with Gasteiger partial charge in [0.1, 0.15) is 6.61 Å². The van der Waals surface area contributed by atoms with Crippen LogP contribution < -0.4 is 0 Å². The van der Waals surface area contributed by atoms with Gasteiger partial charge in [0.25, 0.3) is 0 Å². The predicted octanol–water partition coefficient (Wildman–Crippen LogP) is 4.50. The van der Waals surface area contributed by atoms with Crippen LogP contribution in [-0.4, -0.2) is 24.5 Å². The Bertz CT molecular complexity index is 613. The van der Waals surface area contributed by atoms with Crippen molar-refractivity contribution in [1.29, 1.82) is 0 Å². The summed E-state index contributed by atoms with van der Waals surface area (Å²) < 4.78 is 40.4. The van der Waals surface area contributed by atoms with E-state index < -0.39 is 18.9 Å². The van der Waals surface area contributed by atoms with Crippen molar-refractivity contribution >= 4 is 22.4 Å². The third kappa shape index (κ3) is 4.33. The summed E-state index contributed by atoms with van der Waals surface area (Å²) in [5, 5.41) is 12.3. The first-order valence-corrected chi connectivity index (χ1v) is 6.76. The molecule has 0 radical (unpaired) electrons. The predicted molar refractivity (Wildman–Crippen MR) is 75.4 cm³/mol. The van der Waals surface area contributed by atoms with Crippen LogP contribution in [0.2, 0.25) is 5.02 Å². The Morgan fingerprint density at radius 3 is 2.43 bits per heavy atom. The fraction of sp³-hybridized carbons (Fsp3) is 0.333. The first-order chi connectivity index (χ1) is 9.88. The van der Waals surface area contributed by atoms with Crippen molar-refractivity contribution in [2.24, 2.45) is 0 Å². The highest BCUT2D eigenvalue weighted by Gasteiger charge is 2.27. The fourth-order valence-electron chi connectivity index (χ4n) is 2.11. The summed E-state index contributed by atoms with van der Waals surface area (Å²) in [6.07, 6.45) is -5.17. The largest absolute Gasteiger partial charge is 0.411 e. The molecule has 0 fully saturated rings. The van der Waals surface area contributed by atoms with Gasteiger partial charge in [0.05, 0.1) is 6.10 Å². The average molecular weight is 319 g/mol. The van der Waals surface area contributed by atoms with Crippen LogP contribution in [0.25, 0.3) is 10.8 Å². The molecule has 0 aromatic heterocycles. The zero-order chi connectivity index (χ0) is 15.5. The first kappa shape index (κ1) is 16.1. The molecule has 0 aliphatic heterocycles. The number of aliphatic hydroxyl groups excluding tert-OH is 1. The summed E-state index contributed by atoms with van der Waals surface area (Å²) in [6, 6.07) is 10.6. The Balaban J connectivity index is 2.06. The quantitative estimate of drug-likeness (QED) is 0.823. The third-order valence-electron chi connectivity index (χ3n) is 3.06. The van der Waals surface area contributed by atoms with Gasteiger partial charge in [-0.2, -0.15) is 13.2 Å². The lowest BCUT2D eigenvalue weighted by Gasteiger charge is -2.15.